The Bertz CT molecular complexity index is 1390. The molecule has 0 radical (unpaired) electrons. The maximum absolute atomic E-state index is 12.9. The van der Waals surface area contributed by atoms with Gasteiger partial charge >= 0.3 is 5.97 Å². The van der Waals surface area contributed by atoms with E-state index in [1.807, 2.05) is 44.2 Å². The Balaban J connectivity index is 1.57. The van der Waals surface area contributed by atoms with Crippen LogP contribution in [0.25, 0.3) is 22.4 Å². The third kappa shape index (κ3) is 5.35. The van der Waals surface area contributed by atoms with Gasteiger partial charge in [-0.3, -0.25) is 4.79 Å². The Hall–Kier alpha value is -4.13. The van der Waals surface area contributed by atoms with E-state index in [1.54, 1.807) is 24.3 Å². The predicted octanol–water partition coefficient (Wildman–Crippen LogP) is 5.86. The summed E-state index contributed by atoms with van der Waals surface area (Å²) in [6, 6.07) is 16.9. The number of carboxylic acid groups (broad SMARTS) is 1. The van der Waals surface area contributed by atoms with Crippen LogP contribution in [-0.2, 0) is 10.2 Å². The van der Waals surface area contributed by atoms with Crippen LogP contribution in [0.2, 0.25) is 0 Å². The number of rotatable bonds is 6. The van der Waals surface area contributed by atoms with Gasteiger partial charge in [0.05, 0.1) is 11.0 Å². The number of aliphatic carboxylic acids is 1. The third-order valence-electron chi connectivity index (χ3n) is 5.86. The van der Waals surface area contributed by atoms with E-state index in [0.29, 0.717) is 17.1 Å². The highest BCUT2D eigenvalue weighted by Gasteiger charge is 2.16. The number of aromatic nitrogens is 2. The number of amides is 1. The topological polar surface area (TPSA) is 104 Å². The smallest absolute Gasteiger partial charge is 0.341 e. The minimum atomic E-state index is -1.02. The molecule has 0 bridgehead atoms. The summed E-state index contributed by atoms with van der Waals surface area (Å²) in [5, 5.41) is 11.8. The van der Waals surface area contributed by atoms with Crippen LogP contribution in [0.15, 0.2) is 54.6 Å². The molecule has 0 aliphatic heterocycles. The van der Waals surface area contributed by atoms with Crippen LogP contribution < -0.4 is 10.1 Å². The van der Waals surface area contributed by atoms with Gasteiger partial charge in [0.2, 0.25) is 0 Å². The van der Waals surface area contributed by atoms with Gasteiger partial charge in [0.1, 0.15) is 11.6 Å². The van der Waals surface area contributed by atoms with Crippen molar-refractivity contribution in [3.63, 3.8) is 0 Å². The third-order valence-corrected chi connectivity index (χ3v) is 5.86. The molecule has 0 aliphatic carbocycles. The molecule has 0 saturated carbocycles. The number of aromatic amines is 1. The zero-order valence-corrected chi connectivity index (χ0v) is 20.5. The van der Waals surface area contributed by atoms with E-state index >= 15 is 0 Å². The lowest BCUT2D eigenvalue weighted by Gasteiger charge is -2.19. The molecule has 1 aromatic heterocycles. The normalized spacial score (nSPS) is 11.5. The van der Waals surface area contributed by atoms with E-state index < -0.39 is 12.6 Å². The fraction of sp³-hybridized carbons (Fsp3) is 0.250. The number of anilines is 1. The average Bonchev–Trinajstić information content (AvgIpc) is 3.19. The summed E-state index contributed by atoms with van der Waals surface area (Å²) in [7, 11) is 0. The molecule has 4 aromatic rings. The maximum Gasteiger partial charge on any atom is 0.341 e. The first kappa shape index (κ1) is 24.0. The van der Waals surface area contributed by atoms with E-state index in [4.69, 9.17) is 14.8 Å². The highest BCUT2D eigenvalue weighted by molar-refractivity contribution is 6.06. The largest absolute Gasteiger partial charge is 0.482 e. The number of carbonyl (C=O) groups is 2. The number of nitrogens with one attached hydrogen (secondary N) is 2. The van der Waals surface area contributed by atoms with E-state index in [2.05, 4.69) is 31.1 Å². The number of H-pyrrole nitrogens is 1. The van der Waals surface area contributed by atoms with Crippen molar-refractivity contribution in [2.45, 2.75) is 40.0 Å². The summed E-state index contributed by atoms with van der Waals surface area (Å²) in [5.41, 5.74) is 6.74. The summed E-state index contributed by atoms with van der Waals surface area (Å²) in [4.78, 5) is 31.7. The summed E-state index contributed by atoms with van der Waals surface area (Å²) in [6.07, 6.45) is 0. The molecule has 180 valence electrons. The number of imidazole rings is 1. The standard InChI is InChI=1S/C28H29N3O4/c1-16-12-21(35-15-24(32)33)13-17(2)25(16)26-30-22-11-6-18(14-23(22)31-26)27(34)29-20-9-7-19(8-10-20)28(3,4)5/h6-14H,15H2,1-5H3,(H,29,34)(H,30,31)(H,32,33). The number of carbonyl (C=O) groups excluding carboxylic acids is 1. The minimum Gasteiger partial charge on any atom is -0.482 e. The average molecular weight is 472 g/mol. The number of nitrogens with zero attached hydrogens (tertiary/aromatic N) is 1. The lowest BCUT2D eigenvalue weighted by atomic mass is 9.87. The van der Waals surface area contributed by atoms with Crippen molar-refractivity contribution >= 4 is 28.6 Å². The number of carboxylic acids is 1. The molecular formula is C28H29N3O4. The number of hydrogen-bond acceptors (Lipinski definition) is 4. The zero-order valence-electron chi connectivity index (χ0n) is 20.5. The summed E-state index contributed by atoms with van der Waals surface area (Å²) >= 11 is 0. The predicted molar refractivity (Wildman–Crippen MR) is 137 cm³/mol. The maximum atomic E-state index is 12.9. The van der Waals surface area contributed by atoms with Gasteiger partial charge in [0.25, 0.3) is 5.91 Å². The molecule has 7 nitrogen and oxygen atoms in total. The lowest BCUT2D eigenvalue weighted by Crippen LogP contribution is -2.13. The molecular weight excluding hydrogens is 442 g/mol. The molecule has 0 saturated heterocycles. The van der Waals surface area contributed by atoms with Gasteiger partial charge in [-0.25, -0.2) is 9.78 Å². The van der Waals surface area contributed by atoms with Crippen molar-refractivity contribution in [3.8, 4) is 17.1 Å². The Kier molecular flexibility index (Phi) is 6.35. The Morgan fingerprint density at radius 3 is 2.26 bits per heavy atom. The molecule has 4 rings (SSSR count). The lowest BCUT2D eigenvalue weighted by molar-refractivity contribution is -0.139. The van der Waals surface area contributed by atoms with Crippen molar-refractivity contribution in [2.24, 2.45) is 0 Å². The second kappa shape index (κ2) is 9.25. The number of hydrogen-bond donors (Lipinski definition) is 3. The van der Waals surface area contributed by atoms with Gasteiger partial charge in [-0.2, -0.15) is 0 Å². The van der Waals surface area contributed by atoms with Crippen LogP contribution in [0.1, 0.15) is 47.8 Å². The number of ether oxygens (including phenoxy) is 1. The zero-order chi connectivity index (χ0) is 25.3. The van der Waals surface area contributed by atoms with Crippen LogP contribution >= 0.6 is 0 Å². The first-order valence-corrected chi connectivity index (χ1v) is 11.4. The highest BCUT2D eigenvalue weighted by atomic mass is 16.5. The van der Waals surface area contributed by atoms with E-state index in [9.17, 15) is 9.59 Å². The van der Waals surface area contributed by atoms with Gasteiger partial charge in [-0.15, -0.1) is 0 Å². The van der Waals surface area contributed by atoms with Gasteiger partial charge in [-0.05, 0) is 78.4 Å². The number of fused-ring (bicyclic) bond motifs is 1. The highest BCUT2D eigenvalue weighted by Crippen LogP contribution is 2.31. The SMILES string of the molecule is Cc1cc(OCC(=O)O)cc(C)c1-c1nc2ccc(C(=O)Nc3ccc(C(C)(C)C)cc3)cc2[nH]1. The molecule has 0 fully saturated rings. The Morgan fingerprint density at radius 1 is 1.00 bits per heavy atom. The Labute approximate surface area is 204 Å². The molecule has 0 aliphatic rings. The van der Waals surface area contributed by atoms with Crippen molar-refractivity contribution in [3.05, 3.63) is 76.9 Å². The molecule has 35 heavy (non-hydrogen) atoms. The van der Waals surface area contributed by atoms with Crippen molar-refractivity contribution < 1.29 is 19.4 Å². The van der Waals surface area contributed by atoms with E-state index in [1.165, 1.54) is 5.56 Å². The molecule has 0 unspecified atom stereocenters. The van der Waals surface area contributed by atoms with Crippen LogP contribution in [0.3, 0.4) is 0 Å². The molecule has 3 aromatic carbocycles. The van der Waals surface area contributed by atoms with Gasteiger partial charge in [0, 0.05) is 16.8 Å². The van der Waals surface area contributed by atoms with Gasteiger partial charge in [-0.1, -0.05) is 32.9 Å². The molecule has 3 N–H and O–H groups in total. The summed E-state index contributed by atoms with van der Waals surface area (Å²) < 4.78 is 5.32. The van der Waals surface area contributed by atoms with Gasteiger partial charge in [0.15, 0.2) is 6.61 Å². The summed E-state index contributed by atoms with van der Waals surface area (Å²) in [5.74, 6) is -0.0471. The van der Waals surface area contributed by atoms with Crippen molar-refractivity contribution in [1.82, 2.24) is 9.97 Å². The number of aryl methyl sites for hydroxylation is 2. The van der Waals surface area contributed by atoms with Crippen LogP contribution in [0.4, 0.5) is 5.69 Å². The van der Waals surface area contributed by atoms with E-state index in [-0.39, 0.29) is 11.3 Å². The van der Waals surface area contributed by atoms with Crippen LogP contribution in [-0.4, -0.2) is 33.6 Å². The fourth-order valence-electron chi connectivity index (χ4n) is 4.05. The second-order valence-corrected chi connectivity index (χ2v) is 9.71. The number of benzene rings is 3. The first-order valence-electron chi connectivity index (χ1n) is 11.4. The quantitative estimate of drug-likeness (QED) is 0.327. The summed E-state index contributed by atoms with van der Waals surface area (Å²) in [6.45, 7) is 9.91. The first-order chi connectivity index (χ1) is 16.5. The minimum absolute atomic E-state index is 0.0500. The molecule has 1 amide bonds. The molecule has 0 atom stereocenters. The monoisotopic (exact) mass is 471 g/mol. The van der Waals surface area contributed by atoms with Crippen molar-refractivity contribution in [1.29, 1.82) is 0 Å². The van der Waals surface area contributed by atoms with Gasteiger partial charge < -0.3 is 20.1 Å². The molecule has 7 heteroatoms. The molecule has 0 spiro atoms. The molecule has 1 heterocycles. The van der Waals surface area contributed by atoms with Crippen molar-refractivity contribution in [2.75, 3.05) is 11.9 Å². The Morgan fingerprint density at radius 2 is 1.66 bits per heavy atom. The second-order valence-electron chi connectivity index (χ2n) is 9.71. The fourth-order valence-corrected chi connectivity index (χ4v) is 4.05. The van der Waals surface area contributed by atoms with Crippen LogP contribution in [0, 0.1) is 13.8 Å². The van der Waals surface area contributed by atoms with Crippen LogP contribution in [0.5, 0.6) is 5.75 Å². The van der Waals surface area contributed by atoms with E-state index in [0.717, 1.165) is 33.4 Å².